The molecule has 5 heteroatoms. The van der Waals surface area contributed by atoms with Crippen molar-refractivity contribution in [3.05, 3.63) is 18.3 Å². The Morgan fingerprint density at radius 2 is 2.20 bits per heavy atom. The van der Waals surface area contributed by atoms with E-state index in [-0.39, 0.29) is 5.92 Å². The van der Waals surface area contributed by atoms with Crippen LogP contribution in [0.3, 0.4) is 0 Å². The van der Waals surface area contributed by atoms with Gasteiger partial charge in [0, 0.05) is 6.20 Å². The molecule has 0 saturated heterocycles. The first kappa shape index (κ1) is 11.3. The Kier molecular flexibility index (Phi) is 3.49. The quantitative estimate of drug-likeness (QED) is 0.674. The van der Waals surface area contributed by atoms with E-state index in [0.29, 0.717) is 11.5 Å². The maximum Gasteiger partial charge on any atom is 0.240 e. The molecule has 0 radical (unpaired) electrons. The molecule has 82 valence electrons. The molecule has 1 atom stereocenters. The average molecular weight is 208 g/mol. The van der Waals surface area contributed by atoms with Crippen molar-refractivity contribution in [3.8, 4) is 0 Å². The zero-order chi connectivity index (χ0) is 11.4. The van der Waals surface area contributed by atoms with E-state index in [1.807, 2.05) is 13.8 Å². The van der Waals surface area contributed by atoms with Crippen LogP contribution in [0.4, 0.5) is 11.5 Å². The van der Waals surface area contributed by atoms with Crippen LogP contribution in [0.2, 0.25) is 0 Å². The fourth-order valence-electron chi connectivity index (χ4n) is 1.25. The number of nitrogens with two attached hydrogens (primary N) is 2. The predicted molar refractivity (Wildman–Crippen MR) is 60.1 cm³/mol. The van der Waals surface area contributed by atoms with Crippen LogP contribution < -0.4 is 16.8 Å². The van der Waals surface area contributed by atoms with Gasteiger partial charge in [-0.1, -0.05) is 13.8 Å². The molecule has 15 heavy (non-hydrogen) atoms. The highest BCUT2D eigenvalue weighted by molar-refractivity contribution is 5.83. The highest BCUT2D eigenvalue weighted by atomic mass is 16.1. The molecule has 0 bridgehead atoms. The molecule has 5 nitrogen and oxygen atoms in total. The Morgan fingerprint density at radius 3 is 2.67 bits per heavy atom. The van der Waals surface area contributed by atoms with Crippen molar-refractivity contribution < 1.29 is 4.79 Å². The average Bonchev–Trinajstić information content (AvgIpc) is 2.15. The Labute approximate surface area is 88.9 Å². The molecular weight excluding hydrogens is 192 g/mol. The van der Waals surface area contributed by atoms with E-state index in [1.54, 1.807) is 18.3 Å². The second-order valence-electron chi connectivity index (χ2n) is 3.71. The number of carbonyl (C=O) groups excluding carboxylic acids is 1. The first-order valence-electron chi connectivity index (χ1n) is 4.78. The number of amides is 1. The maximum atomic E-state index is 11.1. The van der Waals surface area contributed by atoms with Crippen LogP contribution in [-0.2, 0) is 4.79 Å². The van der Waals surface area contributed by atoms with Gasteiger partial charge in [-0.2, -0.15) is 0 Å². The molecule has 0 fully saturated rings. The van der Waals surface area contributed by atoms with Crippen LogP contribution in [0.1, 0.15) is 13.8 Å². The summed E-state index contributed by atoms with van der Waals surface area (Å²) < 4.78 is 0. The number of anilines is 2. The smallest absolute Gasteiger partial charge is 0.240 e. The number of aromatic nitrogens is 1. The third kappa shape index (κ3) is 2.83. The van der Waals surface area contributed by atoms with Crippen molar-refractivity contribution in [3.63, 3.8) is 0 Å². The van der Waals surface area contributed by atoms with Gasteiger partial charge in [0.1, 0.15) is 11.9 Å². The van der Waals surface area contributed by atoms with Gasteiger partial charge in [-0.05, 0) is 18.1 Å². The molecule has 1 amide bonds. The van der Waals surface area contributed by atoms with Gasteiger partial charge in [-0.15, -0.1) is 0 Å². The highest BCUT2D eigenvalue weighted by Gasteiger charge is 2.20. The van der Waals surface area contributed by atoms with Gasteiger partial charge >= 0.3 is 0 Å². The molecule has 1 rings (SSSR count). The van der Waals surface area contributed by atoms with E-state index in [1.165, 1.54) is 0 Å². The molecule has 1 aromatic heterocycles. The van der Waals surface area contributed by atoms with Crippen molar-refractivity contribution >= 4 is 17.4 Å². The van der Waals surface area contributed by atoms with Gasteiger partial charge in [0.2, 0.25) is 5.91 Å². The second kappa shape index (κ2) is 4.63. The summed E-state index contributed by atoms with van der Waals surface area (Å²) in [7, 11) is 0. The number of rotatable bonds is 4. The lowest BCUT2D eigenvalue weighted by Crippen LogP contribution is -2.39. The summed E-state index contributed by atoms with van der Waals surface area (Å²) >= 11 is 0. The Morgan fingerprint density at radius 1 is 1.53 bits per heavy atom. The molecule has 0 aliphatic rings. The summed E-state index contributed by atoms with van der Waals surface area (Å²) in [4.78, 5) is 15.2. The summed E-state index contributed by atoms with van der Waals surface area (Å²) in [5.74, 6) is 0.175. The minimum atomic E-state index is -0.456. The monoisotopic (exact) mass is 208 g/mol. The molecule has 1 aromatic rings. The third-order valence-electron chi connectivity index (χ3n) is 2.10. The summed E-state index contributed by atoms with van der Waals surface area (Å²) in [6.07, 6.45) is 1.61. The SMILES string of the molecule is CC(C)C(Nc1ncccc1N)C(N)=O. The molecule has 0 aliphatic carbocycles. The topological polar surface area (TPSA) is 94.0 Å². The summed E-state index contributed by atoms with van der Waals surface area (Å²) in [5.41, 5.74) is 11.5. The summed E-state index contributed by atoms with van der Waals surface area (Å²) in [6, 6.07) is 2.99. The number of nitrogens with one attached hydrogen (secondary N) is 1. The fourth-order valence-corrected chi connectivity index (χ4v) is 1.25. The van der Waals surface area contributed by atoms with Crippen molar-refractivity contribution in [2.24, 2.45) is 11.7 Å². The normalized spacial score (nSPS) is 12.5. The van der Waals surface area contributed by atoms with Crippen LogP contribution in [0.5, 0.6) is 0 Å². The minimum Gasteiger partial charge on any atom is -0.396 e. The van der Waals surface area contributed by atoms with Crippen molar-refractivity contribution in [1.82, 2.24) is 4.98 Å². The lowest BCUT2D eigenvalue weighted by molar-refractivity contribution is -0.119. The van der Waals surface area contributed by atoms with E-state index in [0.717, 1.165) is 0 Å². The van der Waals surface area contributed by atoms with Gasteiger partial charge in [-0.25, -0.2) is 4.98 Å². The van der Waals surface area contributed by atoms with Gasteiger partial charge in [0.05, 0.1) is 5.69 Å². The summed E-state index contributed by atoms with van der Waals surface area (Å²) in [5, 5.41) is 2.94. The van der Waals surface area contributed by atoms with E-state index < -0.39 is 11.9 Å². The maximum absolute atomic E-state index is 11.1. The molecule has 0 aromatic carbocycles. The molecule has 0 saturated carbocycles. The predicted octanol–water partition coefficient (Wildman–Crippen LogP) is 0.586. The first-order chi connectivity index (χ1) is 7.02. The first-order valence-corrected chi connectivity index (χ1v) is 4.78. The van der Waals surface area contributed by atoms with Crippen LogP contribution in [0, 0.1) is 5.92 Å². The van der Waals surface area contributed by atoms with E-state index in [2.05, 4.69) is 10.3 Å². The number of hydrogen-bond acceptors (Lipinski definition) is 4. The standard InChI is InChI=1S/C10H16N4O/c1-6(2)8(9(12)15)14-10-7(11)4-3-5-13-10/h3-6,8H,11H2,1-2H3,(H2,12,15)(H,13,14). The van der Waals surface area contributed by atoms with Crippen LogP contribution in [-0.4, -0.2) is 16.9 Å². The van der Waals surface area contributed by atoms with Gasteiger partial charge in [0.25, 0.3) is 0 Å². The number of nitrogen functional groups attached to an aromatic ring is 1. The Bertz CT molecular complexity index is 351. The Hall–Kier alpha value is -1.78. The molecule has 0 aliphatic heterocycles. The Balaban J connectivity index is 2.84. The van der Waals surface area contributed by atoms with Crippen molar-refractivity contribution in [2.45, 2.75) is 19.9 Å². The lowest BCUT2D eigenvalue weighted by Gasteiger charge is -2.20. The minimum absolute atomic E-state index is 0.0870. The zero-order valence-corrected chi connectivity index (χ0v) is 8.90. The highest BCUT2D eigenvalue weighted by Crippen LogP contribution is 2.16. The van der Waals surface area contributed by atoms with Crippen molar-refractivity contribution in [2.75, 3.05) is 11.1 Å². The number of pyridine rings is 1. The second-order valence-corrected chi connectivity index (χ2v) is 3.71. The van der Waals surface area contributed by atoms with Gasteiger partial charge in [-0.3, -0.25) is 4.79 Å². The lowest BCUT2D eigenvalue weighted by atomic mass is 10.0. The van der Waals surface area contributed by atoms with Crippen LogP contribution in [0.25, 0.3) is 0 Å². The number of carbonyl (C=O) groups is 1. The molecule has 1 unspecified atom stereocenters. The third-order valence-corrected chi connectivity index (χ3v) is 2.10. The molecule has 0 spiro atoms. The largest absolute Gasteiger partial charge is 0.396 e. The van der Waals surface area contributed by atoms with E-state index in [9.17, 15) is 4.79 Å². The van der Waals surface area contributed by atoms with E-state index in [4.69, 9.17) is 11.5 Å². The number of nitrogens with zero attached hydrogens (tertiary/aromatic N) is 1. The van der Waals surface area contributed by atoms with Crippen LogP contribution in [0.15, 0.2) is 18.3 Å². The van der Waals surface area contributed by atoms with Crippen LogP contribution >= 0.6 is 0 Å². The number of primary amides is 1. The molecule has 1 heterocycles. The van der Waals surface area contributed by atoms with Crippen molar-refractivity contribution in [1.29, 1.82) is 0 Å². The summed E-state index contributed by atoms with van der Waals surface area (Å²) in [6.45, 7) is 3.81. The van der Waals surface area contributed by atoms with Gasteiger partial charge < -0.3 is 16.8 Å². The fraction of sp³-hybridized carbons (Fsp3) is 0.400. The number of hydrogen-bond donors (Lipinski definition) is 3. The van der Waals surface area contributed by atoms with E-state index >= 15 is 0 Å². The molecule has 5 N–H and O–H groups in total. The molecular formula is C10H16N4O. The zero-order valence-electron chi connectivity index (χ0n) is 8.90. The van der Waals surface area contributed by atoms with Gasteiger partial charge in [0.15, 0.2) is 0 Å².